The number of thiol groups is 1. The smallest absolute Gasteiger partial charge is 0.120 e. The van der Waals surface area contributed by atoms with Gasteiger partial charge in [-0.25, -0.2) is 0 Å². The second-order valence-electron chi connectivity index (χ2n) is 8.02. The second kappa shape index (κ2) is 37.8. The topological polar surface area (TPSA) is 151 Å². The van der Waals surface area contributed by atoms with Crippen LogP contribution in [0.5, 0.6) is 0 Å². The second-order valence-corrected chi connectivity index (χ2v) is 8.61. The summed E-state index contributed by atoms with van der Waals surface area (Å²) in [6.45, 7) is 11.3. The molecule has 1 atom stereocenters. The fourth-order valence-corrected chi connectivity index (χ4v) is 2.78. The maximum absolute atomic E-state index is 8.91. The summed E-state index contributed by atoms with van der Waals surface area (Å²) in [6.07, 6.45) is 0. The van der Waals surface area contributed by atoms with Crippen LogP contribution in [-0.4, -0.2) is 181 Å². The third-order valence-corrected chi connectivity index (χ3v) is 4.74. The van der Waals surface area contributed by atoms with Crippen LogP contribution < -0.4 is 0 Å². The van der Waals surface area contributed by atoms with Gasteiger partial charge in [-0.2, -0.15) is 0 Å². The van der Waals surface area contributed by atoms with Gasteiger partial charge in [-0.1, -0.05) is 0 Å². The van der Waals surface area contributed by atoms with Crippen molar-refractivity contribution in [2.45, 2.75) is 5.44 Å². The molecule has 0 aliphatic carbocycles. The number of hydrogen-bond donors (Lipinski definition) is 3. The molecule has 0 saturated heterocycles. The molecule has 15 heteroatoms. The zero-order valence-corrected chi connectivity index (χ0v) is 25.4. The molecule has 0 heterocycles. The quantitative estimate of drug-likeness (QED) is 0.0461. The summed E-state index contributed by atoms with van der Waals surface area (Å²) in [5, 5.41) is 17.5. The predicted octanol–water partition coefficient (Wildman–Crippen LogP) is -0.574. The van der Waals surface area contributed by atoms with E-state index >= 15 is 0 Å². The van der Waals surface area contributed by atoms with Crippen LogP contribution in [0.2, 0.25) is 0 Å². The first-order chi connectivity index (χ1) is 20.3. The van der Waals surface area contributed by atoms with Gasteiger partial charge in [0.25, 0.3) is 0 Å². The van der Waals surface area contributed by atoms with E-state index in [2.05, 4.69) is 12.6 Å². The Bertz CT molecular complexity index is 468. The van der Waals surface area contributed by atoms with E-state index in [0.29, 0.717) is 152 Å². The van der Waals surface area contributed by atoms with Gasteiger partial charge in [0.15, 0.2) is 0 Å². The first kappa shape index (κ1) is 40.8. The van der Waals surface area contributed by atoms with E-state index in [1.807, 2.05) is 0 Å². The fourth-order valence-electron chi connectivity index (χ4n) is 2.67. The molecule has 0 aromatic carbocycles. The summed E-state index contributed by atoms with van der Waals surface area (Å²) in [5.74, 6) is 0. The summed E-state index contributed by atoms with van der Waals surface area (Å²) in [6, 6.07) is 0. The molecule has 14 nitrogen and oxygen atoms in total. The monoisotopic (exact) mass is 622 g/mol. The van der Waals surface area contributed by atoms with Crippen molar-refractivity contribution in [1.29, 1.82) is 0 Å². The highest BCUT2D eigenvalue weighted by Gasteiger charge is 1.97. The van der Waals surface area contributed by atoms with E-state index in [-0.39, 0.29) is 13.2 Å². The van der Waals surface area contributed by atoms with Crippen molar-refractivity contribution in [2.75, 3.05) is 165 Å². The Morgan fingerprint density at radius 2 is 0.488 bits per heavy atom. The van der Waals surface area contributed by atoms with Crippen molar-refractivity contribution in [3.8, 4) is 0 Å². The molecule has 248 valence electrons. The summed E-state index contributed by atoms with van der Waals surface area (Å²) < 4.78 is 64.2. The lowest BCUT2D eigenvalue weighted by molar-refractivity contribution is -0.0289. The Morgan fingerprint density at radius 3 is 0.659 bits per heavy atom. The largest absolute Gasteiger partial charge is 0.394 e. The van der Waals surface area contributed by atoms with Gasteiger partial charge in [-0.15, -0.1) is 12.6 Å². The highest BCUT2D eigenvalue weighted by atomic mass is 32.1. The van der Waals surface area contributed by atoms with Crippen molar-refractivity contribution in [3.63, 3.8) is 0 Å². The first-order valence-corrected chi connectivity index (χ1v) is 14.7. The molecule has 0 aromatic heterocycles. The molecule has 0 amide bonds. The van der Waals surface area contributed by atoms with E-state index < -0.39 is 5.44 Å². The van der Waals surface area contributed by atoms with Gasteiger partial charge in [-0.05, 0) is 0 Å². The van der Waals surface area contributed by atoms with E-state index in [0.717, 1.165) is 0 Å². The number of aliphatic hydroxyl groups is 2. The fraction of sp³-hybridized carbons (Fsp3) is 1.00. The SMILES string of the molecule is OCCOCCOCCOCCOCCOCCOCCOCCOCCOCCOCCOCCOCC(O)S. The molecule has 0 saturated carbocycles. The molecule has 0 aliphatic heterocycles. The number of rotatable bonds is 37. The molecule has 0 bridgehead atoms. The van der Waals surface area contributed by atoms with E-state index in [9.17, 15) is 0 Å². The molecule has 0 aliphatic rings. The van der Waals surface area contributed by atoms with Crippen LogP contribution >= 0.6 is 12.6 Å². The minimum atomic E-state index is -0.760. The minimum absolute atomic E-state index is 0.0233. The lowest BCUT2D eigenvalue weighted by Crippen LogP contribution is -2.16. The predicted molar refractivity (Wildman–Crippen MR) is 152 cm³/mol. The summed E-state index contributed by atoms with van der Waals surface area (Å²) in [7, 11) is 0. The van der Waals surface area contributed by atoms with Gasteiger partial charge in [0.05, 0.1) is 165 Å². The lowest BCUT2D eigenvalue weighted by atomic mass is 10.6. The molecule has 1 unspecified atom stereocenters. The van der Waals surface area contributed by atoms with Gasteiger partial charge >= 0.3 is 0 Å². The molecule has 0 aromatic rings. The van der Waals surface area contributed by atoms with Crippen LogP contribution in [0.25, 0.3) is 0 Å². The summed E-state index contributed by atoms with van der Waals surface area (Å²) in [5.41, 5.74) is -0.760. The normalized spacial score (nSPS) is 12.4. The molecular weight excluding hydrogens is 568 g/mol. The zero-order valence-electron chi connectivity index (χ0n) is 24.5. The van der Waals surface area contributed by atoms with E-state index in [1.54, 1.807) is 0 Å². The highest BCUT2D eigenvalue weighted by Crippen LogP contribution is 1.90. The van der Waals surface area contributed by atoms with Crippen LogP contribution in [0.1, 0.15) is 0 Å². The van der Waals surface area contributed by atoms with Crippen LogP contribution in [0.15, 0.2) is 0 Å². The van der Waals surface area contributed by atoms with Crippen molar-refractivity contribution >= 4 is 12.6 Å². The van der Waals surface area contributed by atoms with Crippen LogP contribution in [0, 0.1) is 0 Å². The molecule has 2 N–H and O–H groups in total. The molecule has 0 rings (SSSR count). The Labute approximate surface area is 250 Å². The third-order valence-electron chi connectivity index (χ3n) is 4.59. The van der Waals surface area contributed by atoms with Crippen molar-refractivity contribution < 1.29 is 67.1 Å². The standard InChI is InChI=1S/C26H54O14S/c27-1-2-29-3-4-30-5-6-31-7-8-32-9-10-33-11-12-34-13-14-35-15-16-36-17-18-37-19-20-38-21-22-39-23-24-40-25-26(28)41/h26-28,41H,1-25H2. The first-order valence-electron chi connectivity index (χ1n) is 14.2. The minimum Gasteiger partial charge on any atom is -0.394 e. The van der Waals surface area contributed by atoms with Gasteiger partial charge < -0.3 is 67.1 Å². The van der Waals surface area contributed by atoms with Gasteiger partial charge in [0.2, 0.25) is 0 Å². The number of hydrogen-bond acceptors (Lipinski definition) is 15. The zero-order chi connectivity index (χ0) is 29.7. The average Bonchev–Trinajstić information content (AvgIpc) is 2.97. The Kier molecular flexibility index (Phi) is 37.6. The van der Waals surface area contributed by atoms with Crippen LogP contribution in [-0.2, 0) is 56.8 Å². The molecule has 0 spiro atoms. The Morgan fingerprint density at radius 1 is 0.317 bits per heavy atom. The number of ether oxygens (including phenoxy) is 12. The summed E-state index contributed by atoms with van der Waals surface area (Å²) >= 11 is 3.79. The van der Waals surface area contributed by atoms with Crippen LogP contribution in [0.3, 0.4) is 0 Å². The summed E-state index contributed by atoms with van der Waals surface area (Å²) in [4.78, 5) is 0. The van der Waals surface area contributed by atoms with E-state index in [1.165, 1.54) is 0 Å². The van der Waals surface area contributed by atoms with Crippen molar-refractivity contribution in [1.82, 2.24) is 0 Å². The molecule has 0 radical (unpaired) electrons. The van der Waals surface area contributed by atoms with Gasteiger partial charge in [-0.3, -0.25) is 0 Å². The van der Waals surface area contributed by atoms with Crippen LogP contribution in [0.4, 0.5) is 0 Å². The van der Waals surface area contributed by atoms with E-state index in [4.69, 9.17) is 67.1 Å². The maximum atomic E-state index is 8.91. The van der Waals surface area contributed by atoms with Gasteiger partial charge in [0, 0.05) is 0 Å². The number of aliphatic hydroxyl groups excluding tert-OH is 2. The Balaban J connectivity index is 3.03. The van der Waals surface area contributed by atoms with Crippen molar-refractivity contribution in [3.05, 3.63) is 0 Å². The molecular formula is C26H54O14S. The maximum Gasteiger partial charge on any atom is 0.120 e. The van der Waals surface area contributed by atoms with Gasteiger partial charge in [0.1, 0.15) is 5.44 Å². The lowest BCUT2D eigenvalue weighted by Gasteiger charge is -2.09. The van der Waals surface area contributed by atoms with Crippen molar-refractivity contribution in [2.24, 2.45) is 0 Å². The Hall–Kier alpha value is -0.210. The molecule has 41 heavy (non-hydrogen) atoms. The third kappa shape index (κ3) is 39.8. The highest BCUT2D eigenvalue weighted by molar-refractivity contribution is 7.80. The average molecular weight is 623 g/mol. The molecule has 0 fully saturated rings.